The molecule has 0 saturated carbocycles. The number of benzene rings is 3. The summed E-state index contributed by atoms with van der Waals surface area (Å²) >= 11 is 6.37. The molecule has 1 fully saturated rings. The number of carbonyl (C=O) groups is 1. The van der Waals surface area contributed by atoms with Crippen molar-refractivity contribution in [2.24, 2.45) is 11.5 Å². The maximum atomic E-state index is 12.9. The molecular weight excluding hydrogens is 605 g/mol. The number of nitrogens with zero attached hydrogens (tertiary/aromatic N) is 3. The number of amides is 1. The van der Waals surface area contributed by atoms with Crippen molar-refractivity contribution >= 4 is 28.4 Å². The van der Waals surface area contributed by atoms with E-state index in [1.165, 1.54) is 12.1 Å². The van der Waals surface area contributed by atoms with Crippen LogP contribution in [0.1, 0.15) is 23.1 Å². The van der Waals surface area contributed by atoms with Crippen LogP contribution in [0.4, 0.5) is 13.2 Å². The highest BCUT2D eigenvalue weighted by Crippen LogP contribution is 2.36. The third-order valence-corrected chi connectivity index (χ3v) is 8.44. The SMILES string of the molecule is NCC(=O)NCCCn1cc(-c2ccc(OC(F)(F)F)cc2CN)c2cc(CN3CCN(Cc4ccccc4Cl)CC3)ccc21. The molecule has 5 rings (SSSR count). The van der Waals surface area contributed by atoms with Gasteiger partial charge in [0.1, 0.15) is 5.75 Å². The minimum atomic E-state index is -4.79. The molecule has 1 aliphatic rings. The number of rotatable bonds is 12. The second-order valence-corrected chi connectivity index (χ2v) is 11.6. The van der Waals surface area contributed by atoms with Crippen LogP contribution in [0.25, 0.3) is 22.0 Å². The van der Waals surface area contributed by atoms with Gasteiger partial charge >= 0.3 is 6.36 Å². The number of carbonyl (C=O) groups excluding carboxylic acids is 1. The first-order valence-corrected chi connectivity index (χ1v) is 15.4. The highest BCUT2D eigenvalue weighted by atomic mass is 35.5. The van der Waals surface area contributed by atoms with Crippen LogP contribution >= 0.6 is 11.6 Å². The van der Waals surface area contributed by atoms with Gasteiger partial charge in [-0.05, 0) is 59.0 Å². The summed E-state index contributed by atoms with van der Waals surface area (Å²) in [6, 6.07) is 18.6. The van der Waals surface area contributed by atoms with E-state index in [0.29, 0.717) is 25.1 Å². The van der Waals surface area contributed by atoms with Gasteiger partial charge in [-0.3, -0.25) is 14.6 Å². The van der Waals surface area contributed by atoms with Crippen molar-refractivity contribution in [3.63, 3.8) is 0 Å². The van der Waals surface area contributed by atoms with Crippen LogP contribution in [0.3, 0.4) is 0 Å². The first-order valence-electron chi connectivity index (χ1n) is 15.0. The normalized spacial score (nSPS) is 14.6. The topological polar surface area (TPSA) is 102 Å². The third-order valence-electron chi connectivity index (χ3n) is 8.07. The van der Waals surface area contributed by atoms with E-state index in [1.807, 2.05) is 24.4 Å². The lowest BCUT2D eigenvalue weighted by atomic mass is 9.98. The molecule has 45 heavy (non-hydrogen) atoms. The molecule has 240 valence electrons. The standard InChI is InChI=1S/C33H38ClF3N6O2/c34-30-5-2-1-4-24(30)21-42-14-12-41(13-15-42)20-23-6-9-31-28(16-23)29(22-43(31)11-3-10-40-32(44)19-39)27-8-7-26(17-25(27)18-38)45-33(35,36)37/h1-2,4-9,16-17,22H,3,10-15,18-21,38-39H2,(H,40,44). The molecule has 12 heteroatoms. The Morgan fingerprint density at radius 2 is 1.64 bits per heavy atom. The van der Waals surface area contributed by atoms with Crippen LogP contribution in [-0.4, -0.2) is 65.9 Å². The fourth-order valence-electron chi connectivity index (χ4n) is 5.82. The number of ether oxygens (including phenoxy) is 1. The number of halogens is 4. The monoisotopic (exact) mass is 642 g/mol. The van der Waals surface area contributed by atoms with E-state index in [9.17, 15) is 18.0 Å². The van der Waals surface area contributed by atoms with Gasteiger partial charge in [-0.25, -0.2) is 0 Å². The summed E-state index contributed by atoms with van der Waals surface area (Å²) in [4.78, 5) is 16.4. The number of alkyl halides is 3. The van der Waals surface area contributed by atoms with E-state index < -0.39 is 6.36 Å². The zero-order valence-corrected chi connectivity index (χ0v) is 25.7. The van der Waals surface area contributed by atoms with Crippen molar-refractivity contribution in [1.82, 2.24) is 19.7 Å². The fraction of sp³-hybridized carbons (Fsp3) is 0.364. The highest BCUT2D eigenvalue weighted by molar-refractivity contribution is 6.31. The number of nitrogens with two attached hydrogens (primary N) is 2. The van der Waals surface area contributed by atoms with E-state index >= 15 is 0 Å². The minimum absolute atomic E-state index is 0.0420. The van der Waals surface area contributed by atoms with Crippen LogP contribution in [0.2, 0.25) is 5.02 Å². The molecule has 1 aliphatic heterocycles. The molecule has 0 radical (unpaired) electrons. The number of piperazine rings is 1. The molecule has 1 aromatic heterocycles. The van der Waals surface area contributed by atoms with Gasteiger partial charge in [0.15, 0.2) is 0 Å². The molecule has 0 bridgehead atoms. The van der Waals surface area contributed by atoms with Crippen molar-refractivity contribution in [3.8, 4) is 16.9 Å². The summed E-state index contributed by atoms with van der Waals surface area (Å²) < 4.78 is 45.0. The summed E-state index contributed by atoms with van der Waals surface area (Å²) in [5.41, 5.74) is 16.8. The van der Waals surface area contributed by atoms with Gasteiger partial charge < -0.3 is 26.1 Å². The molecule has 8 nitrogen and oxygen atoms in total. The van der Waals surface area contributed by atoms with Crippen LogP contribution in [0.5, 0.6) is 5.75 Å². The molecule has 0 spiro atoms. The second kappa shape index (κ2) is 14.7. The van der Waals surface area contributed by atoms with Gasteiger partial charge in [0.2, 0.25) is 5.91 Å². The molecule has 4 aromatic rings. The number of aromatic nitrogens is 1. The molecule has 5 N–H and O–H groups in total. The summed E-state index contributed by atoms with van der Waals surface area (Å²) in [6.45, 7) is 6.38. The van der Waals surface area contributed by atoms with E-state index in [4.69, 9.17) is 23.1 Å². The van der Waals surface area contributed by atoms with Crippen molar-refractivity contribution in [1.29, 1.82) is 0 Å². The first kappa shape index (κ1) is 32.8. The Kier molecular flexibility index (Phi) is 10.7. The Hall–Kier alpha value is -3.61. The Balaban J connectivity index is 1.37. The Morgan fingerprint density at radius 1 is 0.911 bits per heavy atom. The maximum absolute atomic E-state index is 12.9. The molecule has 2 heterocycles. The maximum Gasteiger partial charge on any atom is 0.573 e. The smallest absolute Gasteiger partial charge is 0.406 e. The highest BCUT2D eigenvalue weighted by Gasteiger charge is 2.31. The van der Waals surface area contributed by atoms with E-state index in [1.54, 1.807) is 6.07 Å². The zero-order chi connectivity index (χ0) is 32.0. The molecule has 0 unspecified atom stereocenters. The average Bonchev–Trinajstić information content (AvgIpc) is 3.37. The lowest BCUT2D eigenvalue weighted by Crippen LogP contribution is -2.45. The Labute approximate surface area is 265 Å². The van der Waals surface area contributed by atoms with Crippen LogP contribution in [-0.2, 0) is 31.0 Å². The zero-order valence-electron chi connectivity index (χ0n) is 25.0. The quantitative estimate of drug-likeness (QED) is 0.186. The van der Waals surface area contributed by atoms with E-state index in [0.717, 1.165) is 77.4 Å². The number of nitrogens with one attached hydrogen (secondary N) is 1. The summed E-state index contributed by atoms with van der Waals surface area (Å²) in [5, 5.41) is 4.56. The number of hydrogen-bond acceptors (Lipinski definition) is 6. The van der Waals surface area contributed by atoms with Crippen molar-refractivity contribution < 1.29 is 22.7 Å². The predicted octanol–water partition coefficient (Wildman–Crippen LogP) is 5.10. The lowest BCUT2D eigenvalue weighted by Gasteiger charge is -2.35. The summed E-state index contributed by atoms with van der Waals surface area (Å²) in [6.07, 6.45) is -2.11. The Bertz CT molecular complexity index is 1620. The van der Waals surface area contributed by atoms with E-state index in [2.05, 4.69) is 48.7 Å². The van der Waals surface area contributed by atoms with Crippen molar-refractivity contribution in [3.05, 3.63) is 88.6 Å². The molecule has 1 amide bonds. The summed E-state index contributed by atoms with van der Waals surface area (Å²) in [7, 11) is 0. The third kappa shape index (κ3) is 8.56. The molecule has 0 aliphatic carbocycles. The van der Waals surface area contributed by atoms with Crippen LogP contribution in [0.15, 0.2) is 66.9 Å². The number of aryl methyl sites for hydroxylation is 1. The molecule has 1 saturated heterocycles. The van der Waals surface area contributed by atoms with Gasteiger partial charge in [-0.15, -0.1) is 13.2 Å². The fourth-order valence-corrected chi connectivity index (χ4v) is 6.02. The van der Waals surface area contributed by atoms with Gasteiger partial charge in [-0.2, -0.15) is 0 Å². The largest absolute Gasteiger partial charge is 0.573 e. The van der Waals surface area contributed by atoms with Crippen LogP contribution in [0, 0.1) is 0 Å². The average molecular weight is 643 g/mol. The van der Waals surface area contributed by atoms with E-state index in [-0.39, 0.29) is 24.7 Å². The lowest BCUT2D eigenvalue weighted by molar-refractivity contribution is -0.274. The first-order chi connectivity index (χ1) is 21.6. The predicted molar refractivity (Wildman–Crippen MR) is 171 cm³/mol. The van der Waals surface area contributed by atoms with Crippen molar-refractivity contribution in [2.75, 3.05) is 39.3 Å². The molecule has 0 atom stereocenters. The van der Waals surface area contributed by atoms with Crippen molar-refractivity contribution in [2.45, 2.75) is 39.0 Å². The van der Waals surface area contributed by atoms with Gasteiger partial charge in [0, 0.05) is 86.6 Å². The molecular formula is C33H38ClF3N6O2. The summed E-state index contributed by atoms with van der Waals surface area (Å²) in [5.74, 6) is -0.517. The number of hydrogen-bond donors (Lipinski definition) is 3. The van der Waals surface area contributed by atoms with Gasteiger partial charge in [0.25, 0.3) is 0 Å². The number of fused-ring (bicyclic) bond motifs is 1. The van der Waals surface area contributed by atoms with Gasteiger partial charge in [-0.1, -0.05) is 41.9 Å². The Morgan fingerprint density at radius 3 is 2.33 bits per heavy atom. The van der Waals surface area contributed by atoms with Crippen LogP contribution < -0.4 is 21.5 Å². The second-order valence-electron chi connectivity index (χ2n) is 11.2. The van der Waals surface area contributed by atoms with Gasteiger partial charge in [0.05, 0.1) is 6.54 Å². The minimum Gasteiger partial charge on any atom is -0.406 e. The molecule has 3 aromatic carbocycles.